The molecule has 0 unspecified atom stereocenters. The summed E-state index contributed by atoms with van der Waals surface area (Å²) in [5.41, 5.74) is 10.5. The van der Waals surface area contributed by atoms with E-state index in [0.29, 0.717) is 24.8 Å². The number of morpholine rings is 1. The van der Waals surface area contributed by atoms with Gasteiger partial charge < -0.3 is 25.4 Å². The molecule has 3 saturated heterocycles. The second kappa shape index (κ2) is 11.8. The predicted octanol–water partition coefficient (Wildman–Crippen LogP) is 2.50. The minimum Gasteiger partial charge on any atom is -0.391 e. The number of carbonyl (C=O) groups excluding carboxylic acids is 1. The lowest BCUT2D eigenvalue weighted by Crippen LogP contribution is -2.55. The Bertz CT molecular complexity index is 1330. The number of anilines is 2. The van der Waals surface area contributed by atoms with Crippen LogP contribution in [0.15, 0.2) is 48.8 Å². The Kier molecular flexibility index (Phi) is 7.98. The summed E-state index contributed by atoms with van der Waals surface area (Å²) in [6, 6.07) is 12.4. The number of benzene rings is 1. The van der Waals surface area contributed by atoms with Gasteiger partial charge in [0.25, 0.3) is 0 Å². The van der Waals surface area contributed by atoms with Crippen LogP contribution in [0.25, 0.3) is 10.9 Å². The first-order chi connectivity index (χ1) is 19.5. The van der Waals surface area contributed by atoms with Gasteiger partial charge in [-0.25, -0.2) is 4.98 Å². The van der Waals surface area contributed by atoms with Crippen molar-refractivity contribution >= 4 is 28.1 Å². The van der Waals surface area contributed by atoms with E-state index in [1.54, 1.807) is 12.4 Å². The molecule has 9 nitrogen and oxygen atoms in total. The highest BCUT2D eigenvalue weighted by Crippen LogP contribution is 2.28. The van der Waals surface area contributed by atoms with Crippen LogP contribution in [0.2, 0.25) is 0 Å². The lowest BCUT2D eigenvalue weighted by atomic mass is 9.92. The van der Waals surface area contributed by atoms with Crippen LogP contribution in [0.4, 0.5) is 11.4 Å². The number of carbonyl (C=O) groups is 1. The molecule has 0 aliphatic carbocycles. The van der Waals surface area contributed by atoms with Crippen LogP contribution < -0.4 is 15.5 Å². The molecule has 0 saturated carbocycles. The number of aliphatic hydroxyl groups excluding tert-OH is 1. The summed E-state index contributed by atoms with van der Waals surface area (Å²) in [5, 5.41) is 11.3. The second-order valence-corrected chi connectivity index (χ2v) is 11.6. The Balaban J connectivity index is 1.15. The highest BCUT2D eigenvalue weighted by Gasteiger charge is 2.32. The molecule has 212 valence electrons. The van der Waals surface area contributed by atoms with Crippen molar-refractivity contribution in [2.45, 2.75) is 44.4 Å². The van der Waals surface area contributed by atoms with Crippen LogP contribution in [-0.2, 0) is 11.2 Å². The molecule has 1 aromatic carbocycles. The Morgan fingerprint density at radius 2 is 1.82 bits per heavy atom. The summed E-state index contributed by atoms with van der Waals surface area (Å²) < 4.78 is 5.53. The Morgan fingerprint density at radius 3 is 2.60 bits per heavy atom. The molecule has 6 rings (SSSR count). The molecule has 3 aliphatic rings. The number of nitrogens with two attached hydrogens (primary N) is 1. The summed E-state index contributed by atoms with van der Waals surface area (Å²) >= 11 is 0. The number of Topliss-reactive ketones (excluding diaryl/α,β-unsaturated/α-hetero) is 1. The Hall–Kier alpha value is -3.11. The number of ketones is 1. The van der Waals surface area contributed by atoms with E-state index in [2.05, 4.69) is 37.9 Å². The average molecular weight is 545 g/mol. The van der Waals surface area contributed by atoms with Crippen molar-refractivity contribution in [2.75, 3.05) is 62.3 Å². The molecule has 3 aromatic rings. The van der Waals surface area contributed by atoms with Gasteiger partial charge in [0, 0.05) is 98.4 Å². The van der Waals surface area contributed by atoms with E-state index < -0.39 is 6.10 Å². The molecule has 0 spiro atoms. The lowest BCUT2D eigenvalue weighted by Gasteiger charge is -2.40. The Labute approximate surface area is 235 Å². The third-order valence-electron chi connectivity index (χ3n) is 8.88. The zero-order chi connectivity index (χ0) is 27.6. The number of aliphatic hydroxyl groups is 1. The maximum atomic E-state index is 13.4. The third kappa shape index (κ3) is 5.69. The van der Waals surface area contributed by atoms with E-state index in [-0.39, 0.29) is 24.2 Å². The van der Waals surface area contributed by atoms with E-state index in [0.717, 1.165) is 80.1 Å². The van der Waals surface area contributed by atoms with Crippen LogP contribution in [0, 0.1) is 5.92 Å². The quantitative estimate of drug-likeness (QED) is 0.453. The topological polar surface area (TPSA) is 108 Å². The van der Waals surface area contributed by atoms with E-state index >= 15 is 0 Å². The molecule has 5 heterocycles. The van der Waals surface area contributed by atoms with E-state index in [1.807, 2.05) is 25.1 Å². The molecule has 3 fully saturated rings. The normalized spacial score (nSPS) is 24.9. The van der Waals surface area contributed by atoms with Gasteiger partial charge in [-0.15, -0.1) is 0 Å². The fourth-order valence-corrected chi connectivity index (χ4v) is 6.53. The zero-order valence-electron chi connectivity index (χ0n) is 23.3. The van der Waals surface area contributed by atoms with Gasteiger partial charge in [-0.1, -0.05) is 19.1 Å². The molecule has 9 heteroatoms. The average Bonchev–Trinajstić information content (AvgIpc) is 3.00. The van der Waals surface area contributed by atoms with Crippen LogP contribution in [0.3, 0.4) is 0 Å². The number of piperidine rings is 2. The van der Waals surface area contributed by atoms with Gasteiger partial charge in [0.1, 0.15) is 5.69 Å². The van der Waals surface area contributed by atoms with Crippen molar-refractivity contribution in [1.29, 1.82) is 0 Å². The minimum absolute atomic E-state index is 0.0396. The lowest BCUT2D eigenvalue weighted by molar-refractivity contribution is 0.0115. The van der Waals surface area contributed by atoms with Crippen LogP contribution in [-0.4, -0.2) is 96.4 Å². The number of pyridine rings is 2. The van der Waals surface area contributed by atoms with Crippen molar-refractivity contribution in [3.8, 4) is 0 Å². The van der Waals surface area contributed by atoms with Gasteiger partial charge in [-0.05, 0) is 37.1 Å². The van der Waals surface area contributed by atoms with Crippen LogP contribution >= 0.6 is 0 Å². The number of aromatic nitrogens is 2. The zero-order valence-corrected chi connectivity index (χ0v) is 23.3. The molecule has 2 aromatic heterocycles. The fraction of sp³-hybridized carbons (Fsp3) is 0.516. The molecule has 3 N–H and O–H groups in total. The molecular formula is C31H40N6O3. The summed E-state index contributed by atoms with van der Waals surface area (Å²) in [6.45, 7) is 9.02. The first-order valence-corrected chi connectivity index (χ1v) is 14.6. The van der Waals surface area contributed by atoms with Crippen molar-refractivity contribution in [3.05, 3.63) is 60.0 Å². The summed E-state index contributed by atoms with van der Waals surface area (Å²) in [5.74, 6) is 0.00393. The highest BCUT2D eigenvalue weighted by molar-refractivity contribution is 5.98. The van der Waals surface area contributed by atoms with Crippen LogP contribution in [0.5, 0.6) is 0 Å². The number of ether oxygens (including phenoxy) is 1. The van der Waals surface area contributed by atoms with Gasteiger partial charge >= 0.3 is 0 Å². The molecule has 3 aliphatic heterocycles. The first-order valence-electron chi connectivity index (χ1n) is 14.6. The number of fused-ring (bicyclic) bond motifs is 1. The number of hydrogen-bond donors (Lipinski definition) is 2. The largest absolute Gasteiger partial charge is 0.391 e. The smallest absolute Gasteiger partial charge is 0.185 e. The number of rotatable bonds is 6. The monoisotopic (exact) mass is 544 g/mol. The van der Waals surface area contributed by atoms with Gasteiger partial charge in [-0.3, -0.25) is 14.7 Å². The molecule has 0 radical (unpaired) electrons. The molecule has 3 atom stereocenters. The van der Waals surface area contributed by atoms with E-state index in [4.69, 9.17) is 15.5 Å². The van der Waals surface area contributed by atoms with Gasteiger partial charge in [0.05, 0.1) is 24.8 Å². The van der Waals surface area contributed by atoms with Crippen molar-refractivity contribution in [2.24, 2.45) is 11.7 Å². The molecular weight excluding hydrogens is 504 g/mol. The minimum atomic E-state index is -0.522. The fourth-order valence-electron chi connectivity index (χ4n) is 6.53. The summed E-state index contributed by atoms with van der Waals surface area (Å²) in [4.78, 5) is 29.7. The van der Waals surface area contributed by atoms with Gasteiger partial charge in [0.2, 0.25) is 0 Å². The standard InChI is InChI=1S/C31H40N6O3/c1-21-19-37(20-26(32)31(21)39)29-6-9-33-18-23(29)16-30(38)27-5-3-22-2-4-25(17-28(22)34-27)35-10-7-24(8-11-35)36-12-14-40-15-13-36/h2-6,9,17-18,21,24,26,31,39H,7-8,10-16,19-20,32H2,1H3/t21-,26+,31+/m0/s1. The van der Waals surface area contributed by atoms with Gasteiger partial charge in [0.15, 0.2) is 5.78 Å². The van der Waals surface area contributed by atoms with Crippen LogP contribution in [0.1, 0.15) is 35.8 Å². The molecule has 0 bridgehead atoms. The summed E-state index contributed by atoms with van der Waals surface area (Å²) in [6.07, 6.45) is 5.48. The third-order valence-corrected chi connectivity index (χ3v) is 8.88. The predicted molar refractivity (Wildman–Crippen MR) is 157 cm³/mol. The van der Waals surface area contributed by atoms with E-state index in [1.165, 1.54) is 0 Å². The van der Waals surface area contributed by atoms with Crippen molar-refractivity contribution < 1.29 is 14.6 Å². The van der Waals surface area contributed by atoms with Gasteiger partial charge in [-0.2, -0.15) is 0 Å². The molecule has 0 amide bonds. The second-order valence-electron chi connectivity index (χ2n) is 11.6. The summed E-state index contributed by atoms with van der Waals surface area (Å²) in [7, 11) is 0. The van der Waals surface area contributed by atoms with Crippen molar-refractivity contribution in [3.63, 3.8) is 0 Å². The van der Waals surface area contributed by atoms with E-state index in [9.17, 15) is 9.90 Å². The molecule has 40 heavy (non-hydrogen) atoms. The maximum absolute atomic E-state index is 13.4. The number of nitrogens with zero attached hydrogens (tertiary/aromatic N) is 5. The van der Waals surface area contributed by atoms with Crippen molar-refractivity contribution in [1.82, 2.24) is 14.9 Å². The Morgan fingerprint density at radius 1 is 1.05 bits per heavy atom. The first kappa shape index (κ1) is 27.1. The maximum Gasteiger partial charge on any atom is 0.185 e. The number of hydrogen-bond acceptors (Lipinski definition) is 9. The highest BCUT2D eigenvalue weighted by atomic mass is 16.5. The SMILES string of the molecule is C[C@H]1CN(c2ccncc2CC(=O)c2ccc3ccc(N4CCC(N5CCOCC5)CC4)cc3n2)C[C@@H](N)[C@@H]1O.